The van der Waals surface area contributed by atoms with Crippen molar-refractivity contribution in [3.8, 4) is 6.07 Å². The highest BCUT2D eigenvalue weighted by Crippen LogP contribution is 2.24. The van der Waals surface area contributed by atoms with E-state index in [1.807, 2.05) is 6.07 Å². The molecule has 1 heterocycles. The van der Waals surface area contributed by atoms with Crippen molar-refractivity contribution in [1.29, 1.82) is 5.26 Å². The second kappa shape index (κ2) is 8.29. The van der Waals surface area contributed by atoms with Gasteiger partial charge >= 0.3 is 5.97 Å². The number of benzene rings is 1. The smallest absolute Gasteiger partial charge is 0.309 e. The minimum absolute atomic E-state index is 0.120. The Kier molecular flexibility index (Phi) is 6.34. The maximum atomic E-state index is 12.6. The first-order chi connectivity index (χ1) is 12.3. The van der Waals surface area contributed by atoms with E-state index in [0.717, 1.165) is 0 Å². The summed E-state index contributed by atoms with van der Waals surface area (Å²) in [5, 5.41) is 8.79. The van der Waals surface area contributed by atoms with Gasteiger partial charge in [-0.15, -0.1) is 0 Å². The third-order valence-corrected chi connectivity index (χ3v) is 6.16. The Bertz CT molecular complexity index is 804. The fourth-order valence-electron chi connectivity index (χ4n) is 2.56. The maximum absolute atomic E-state index is 12.6. The zero-order chi connectivity index (χ0) is 19.3. The van der Waals surface area contributed by atoms with Gasteiger partial charge in [0.15, 0.2) is 6.61 Å². The lowest BCUT2D eigenvalue weighted by atomic mass is 9.98. The van der Waals surface area contributed by atoms with Crippen molar-refractivity contribution >= 4 is 21.9 Å². The second-order valence-corrected chi connectivity index (χ2v) is 8.15. The molecule has 0 spiro atoms. The van der Waals surface area contributed by atoms with Crippen molar-refractivity contribution in [3.63, 3.8) is 0 Å². The van der Waals surface area contributed by atoms with Gasteiger partial charge in [0.25, 0.3) is 5.91 Å². The van der Waals surface area contributed by atoms with Crippen LogP contribution in [0.1, 0.15) is 18.4 Å². The number of carbonyl (C=O) groups excluding carboxylic acids is 2. The van der Waals surface area contributed by atoms with Gasteiger partial charge in [0.1, 0.15) is 0 Å². The fraction of sp³-hybridized carbons (Fsp3) is 0.471. The number of hydrogen-bond donors (Lipinski definition) is 0. The number of ether oxygens (including phenoxy) is 1. The standard InChI is InChI=1S/C17H21N3O5S/c1-19(2)16(21)12-25-17(22)14-7-9-20(10-8-14)26(23,24)15-5-3-13(11-18)4-6-15/h3-6,14H,7-10,12H2,1-2H3. The molecule has 0 saturated carbocycles. The molecule has 1 aliphatic heterocycles. The Labute approximate surface area is 153 Å². The van der Waals surface area contributed by atoms with E-state index in [-0.39, 0.29) is 30.5 Å². The monoisotopic (exact) mass is 379 g/mol. The van der Waals surface area contributed by atoms with Crippen LogP contribution in [0.25, 0.3) is 0 Å². The third-order valence-electron chi connectivity index (χ3n) is 4.25. The summed E-state index contributed by atoms with van der Waals surface area (Å²) in [5.41, 5.74) is 0.387. The minimum atomic E-state index is -3.66. The zero-order valence-electron chi connectivity index (χ0n) is 14.7. The zero-order valence-corrected chi connectivity index (χ0v) is 15.5. The SMILES string of the molecule is CN(C)C(=O)COC(=O)C1CCN(S(=O)(=O)c2ccc(C#N)cc2)CC1. The van der Waals surface area contributed by atoms with E-state index in [0.29, 0.717) is 18.4 Å². The van der Waals surface area contributed by atoms with Crippen molar-refractivity contribution in [2.45, 2.75) is 17.7 Å². The first kappa shape index (κ1) is 19.9. The van der Waals surface area contributed by atoms with Crippen LogP contribution in [0, 0.1) is 17.2 Å². The molecule has 0 aromatic heterocycles. The van der Waals surface area contributed by atoms with Crippen LogP contribution in [-0.4, -0.2) is 63.3 Å². The molecule has 8 nitrogen and oxygen atoms in total. The minimum Gasteiger partial charge on any atom is -0.455 e. The number of hydrogen-bond acceptors (Lipinski definition) is 6. The van der Waals surface area contributed by atoms with Gasteiger partial charge in [-0.1, -0.05) is 0 Å². The van der Waals surface area contributed by atoms with Crippen LogP contribution < -0.4 is 0 Å². The number of amides is 1. The van der Waals surface area contributed by atoms with Crippen LogP contribution in [-0.2, 0) is 24.3 Å². The molecule has 0 radical (unpaired) electrons. The molecule has 1 aliphatic rings. The summed E-state index contributed by atoms with van der Waals surface area (Å²) in [7, 11) is -0.518. The van der Waals surface area contributed by atoms with Gasteiger partial charge in [0, 0.05) is 27.2 Å². The van der Waals surface area contributed by atoms with Crippen molar-refractivity contribution in [1.82, 2.24) is 9.21 Å². The Balaban J connectivity index is 1.93. The molecule has 0 unspecified atom stereocenters. The van der Waals surface area contributed by atoms with E-state index in [1.54, 1.807) is 14.1 Å². The van der Waals surface area contributed by atoms with E-state index >= 15 is 0 Å². The molecular weight excluding hydrogens is 358 g/mol. The van der Waals surface area contributed by atoms with Crippen LogP contribution >= 0.6 is 0 Å². The van der Waals surface area contributed by atoms with Crippen LogP contribution in [0.2, 0.25) is 0 Å². The molecule has 9 heteroatoms. The first-order valence-electron chi connectivity index (χ1n) is 8.13. The molecule has 1 aromatic rings. The average Bonchev–Trinajstić information content (AvgIpc) is 2.65. The quantitative estimate of drug-likeness (QED) is 0.693. The van der Waals surface area contributed by atoms with Crippen molar-refractivity contribution in [2.75, 3.05) is 33.8 Å². The molecule has 2 rings (SSSR count). The lowest BCUT2D eigenvalue weighted by Gasteiger charge is -2.30. The number of nitrogens with zero attached hydrogens (tertiary/aromatic N) is 3. The summed E-state index contributed by atoms with van der Waals surface area (Å²) >= 11 is 0. The Morgan fingerprint density at radius 1 is 1.23 bits per heavy atom. The lowest BCUT2D eigenvalue weighted by molar-refractivity contribution is -0.155. The van der Waals surface area contributed by atoms with Gasteiger partial charge in [-0.25, -0.2) is 8.42 Å². The molecule has 1 aromatic carbocycles. The number of esters is 1. The molecule has 0 aliphatic carbocycles. The summed E-state index contributed by atoms with van der Waals surface area (Å²) in [4.78, 5) is 24.9. The van der Waals surface area contributed by atoms with Gasteiger partial charge in [-0.3, -0.25) is 9.59 Å². The third kappa shape index (κ3) is 4.59. The number of nitriles is 1. The van der Waals surface area contributed by atoms with Crippen molar-refractivity contribution in [3.05, 3.63) is 29.8 Å². The van der Waals surface area contributed by atoms with Gasteiger partial charge < -0.3 is 9.64 Å². The summed E-state index contributed by atoms with van der Waals surface area (Å²) < 4.78 is 31.6. The van der Waals surface area contributed by atoms with E-state index in [1.165, 1.54) is 33.5 Å². The average molecular weight is 379 g/mol. The summed E-state index contributed by atoms with van der Waals surface area (Å²) in [5.74, 6) is -1.20. The molecule has 1 amide bonds. The van der Waals surface area contributed by atoms with Gasteiger partial charge in [0.05, 0.1) is 22.4 Å². The summed E-state index contributed by atoms with van der Waals surface area (Å²) in [6, 6.07) is 7.67. The van der Waals surface area contributed by atoms with Crippen LogP contribution in [0.15, 0.2) is 29.2 Å². The first-order valence-corrected chi connectivity index (χ1v) is 9.57. The van der Waals surface area contributed by atoms with Crippen LogP contribution in [0.4, 0.5) is 0 Å². The molecule has 0 bridgehead atoms. The van der Waals surface area contributed by atoms with Gasteiger partial charge in [0.2, 0.25) is 10.0 Å². The van der Waals surface area contributed by atoms with E-state index in [4.69, 9.17) is 10.00 Å². The Hall–Kier alpha value is -2.44. The highest BCUT2D eigenvalue weighted by Gasteiger charge is 2.33. The van der Waals surface area contributed by atoms with Gasteiger partial charge in [-0.05, 0) is 37.1 Å². The number of likely N-dealkylation sites (N-methyl/N-ethyl adjacent to an activating group) is 1. The lowest BCUT2D eigenvalue weighted by Crippen LogP contribution is -2.41. The fourth-order valence-corrected chi connectivity index (χ4v) is 4.03. The number of sulfonamides is 1. The number of piperidine rings is 1. The molecule has 26 heavy (non-hydrogen) atoms. The van der Waals surface area contributed by atoms with Crippen LogP contribution in [0.3, 0.4) is 0 Å². The largest absolute Gasteiger partial charge is 0.455 e. The van der Waals surface area contributed by atoms with Crippen LogP contribution in [0.5, 0.6) is 0 Å². The van der Waals surface area contributed by atoms with E-state index < -0.39 is 21.9 Å². The topological polar surface area (TPSA) is 108 Å². The van der Waals surface area contributed by atoms with E-state index in [2.05, 4.69) is 0 Å². The summed E-state index contributed by atoms with van der Waals surface area (Å²) in [6.07, 6.45) is 0.676. The predicted molar refractivity (Wildman–Crippen MR) is 92.3 cm³/mol. The van der Waals surface area contributed by atoms with Gasteiger partial charge in [-0.2, -0.15) is 9.57 Å². The maximum Gasteiger partial charge on any atom is 0.309 e. The molecule has 1 fully saturated rings. The predicted octanol–water partition coefficient (Wildman–Crippen LogP) is 0.590. The highest BCUT2D eigenvalue weighted by molar-refractivity contribution is 7.89. The molecule has 0 atom stereocenters. The molecule has 0 N–H and O–H groups in total. The number of carbonyl (C=O) groups is 2. The normalized spacial score (nSPS) is 15.9. The van der Waals surface area contributed by atoms with Crippen molar-refractivity contribution < 1.29 is 22.7 Å². The van der Waals surface area contributed by atoms with E-state index in [9.17, 15) is 18.0 Å². The molecule has 1 saturated heterocycles. The highest BCUT2D eigenvalue weighted by atomic mass is 32.2. The van der Waals surface area contributed by atoms with Crippen molar-refractivity contribution in [2.24, 2.45) is 5.92 Å². The molecule has 140 valence electrons. The summed E-state index contributed by atoms with van der Waals surface area (Å²) in [6.45, 7) is 0.0864. The second-order valence-electron chi connectivity index (χ2n) is 6.21. The Morgan fingerprint density at radius 3 is 2.31 bits per heavy atom. The number of rotatable bonds is 5. The Morgan fingerprint density at radius 2 is 1.81 bits per heavy atom. The molecular formula is C17H21N3O5S.